The van der Waals surface area contributed by atoms with Gasteiger partial charge in [0.2, 0.25) is 0 Å². The van der Waals surface area contributed by atoms with Crippen molar-refractivity contribution in [1.29, 1.82) is 0 Å². The van der Waals surface area contributed by atoms with Crippen LogP contribution in [0.1, 0.15) is 17.0 Å². The van der Waals surface area contributed by atoms with Gasteiger partial charge in [-0.1, -0.05) is 88.8 Å². The molecule has 0 bridgehead atoms. The van der Waals surface area contributed by atoms with E-state index < -0.39 is 0 Å². The standard InChI is InChI=1S/C30H20BrNO/c31-20-7-3-6-18(16-20)21-9-4-11-24-26-17-19(14-15-27(26)32-29(21)24)22-10-5-12-25-23-8-1-2-13-28(23)33-30(22)25/h1-17,22,30,32H. The Morgan fingerprint density at radius 3 is 2.61 bits per heavy atom. The van der Waals surface area contributed by atoms with Crippen LogP contribution in [0.25, 0.3) is 38.5 Å². The van der Waals surface area contributed by atoms with Crippen molar-refractivity contribution in [3.05, 3.63) is 119 Å². The number of para-hydroxylation sites is 2. The summed E-state index contributed by atoms with van der Waals surface area (Å²) in [6.07, 6.45) is 6.66. The first-order valence-corrected chi connectivity index (χ1v) is 12.0. The van der Waals surface area contributed by atoms with Crippen LogP contribution in [0.4, 0.5) is 0 Å². The monoisotopic (exact) mass is 489 g/mol. The number of hydrogen-bond donors (Lipinski definition) is 1. The fourth-order valence-corrected chi connectivity index (χ4v) is 5.72. The van der Waals surface area contributed by atoms with Gasteiger partial charge in [0, 0.05) is 43.4 Å². The fourth-order valence-electron chi connectivity index (χ4n) is 5.32. The zero-order valence-corrected chi connectivity index (χ0v) is 19.3. The van der Waals surface area contributed by atoms with E-state index in [0.29, 0.717) is 0 Å². The number of nitrogens with one attached hydrogen (secondary N) is 1. The molecule has 33 heavy (non-hydrogen) atoms. The molecule has 2 heterocycles. The summed E-state index contributed by atoms with van der Waals surface area (Å²) >= 11 is 3.61. The van der Waals surface area contributed by atoms with Gasteiger partial charge in [0.25, 0.3) is 0 Å². The molecule has 0 fully saturated rings. The predicted octanol–water partition coefficient (Wildman–Crippen LogP) is 8.25. The molecule has 1 N–H and O–H groups in total. The molecule has 0 spiro atoms. The highest BCUT2D eigenvalue weighted by molar-refractivity contribution is 9.10. The molecule has 2 nitrogen and oxygen atoms in total. The highest BCUT2D eigenvalue weighted by Crippen LogP contribution is 2.46. The van der Waals surface area contributed by atoms with Crippen LogP contribution in [0.15, 0.2) is 108 Å². The molecule has 2 unspecified atom stereocenters. The first-order valence-electron chi connectivity index (χ1n) is 11.2. The topological polar surface area (TPSA) is 25.0 Å². The Kier molecular flexibility index (Phi) is 4.15. The Hall–Kier alpha value is -3.56. The molecule has 1 aliphatic carbocycles. The van der Waals surface area contributed by atoms with E-state index in [1.54, 1.807) is 0 Å². The third-order valence-electron chi connectivity index (χ3n) is 6.86. The van der Waals surface area contributed by atoms with Gasteiger partial charge >= 0.3 is 0 Å². The van der Waals surface area contributed by atoms with Crippen LogP contribution < -0.4 is 4.74 Å². The van der Waals surface area contributed by atoms with Gasteiger partial charge in [-0.3, -0.25) is 0 Å². The normalized spacial score (nSPS) is 18.8. The van der Waals surface area contributed by atoms with Gasteiger partial charge in [-0.25, -0.2) is 0 Å². The van der Waals surface area contributed by atoms with Crippen LogP contribution in [0.5, 0.6) is 5.75 Å². The molecule has 2 atom stereocenters. The first-order chi connectivity index (χ1) is 16.3. The van der Waals surface area contributed by atoms with Crippen molar-refractivity contribution in [2.75, 3.05) is 0 Å². The third-order valence-corrected chi connectivity index (χ3v) is 7.35. The van der Waals surface area contributed by atoms with Crippen molar-refractivity contribution in [1.82, 2.24) is 4.98 Å². The van der Waals surface area contributed by atoms with E-state index in [9.17, 15) is 0 Å². The minimum atomic E-state index is 0.0206. The molecule has 1 aliphatic heterocycles. The predicted molar refractivity (Wildman–Crippen MR) is 140 cm³/mol. The maximum atomic E-state index is 6.42. The second-order valence-corrected chi connectivity index (χ2v) is 9.65. The maximum absolute atomic E-state index is 6.42. The van der Waals surface area contributed by atoms with E-state index in [2.05, 4.69) is 118 Å². The second-order valence-electron chi connectivity index (χ2n) is 8.74. The van der Waals surface area contributed by atoms with E-state index in [4.69, 9.17) is 4.74 Å². The summed E-state index contributed by atoms with van der Waals surface area (Å²) < 4.78 is 7.50. The molecular weight excluding hydrogens is 470 g/mol. The van der Waals surface area contributed by atoms with Crippen LogP contribution in [-0.4, -0.2) is 11.1 Å². The van der Waals surface area contributed by atoms with Gasteiger partial charge in [-0.2, -0.15) is 0 Å². The Bertz CT molecular complexity index is 1620. The Morgan fingerprint density at radius 1 is 0.788 bits per heavy atom. The number of ether oxygens (including phenoxy) is 1. The van der Waals surface area contributed by atoms with Crippen molar-refractivity contribution in [3.8, 4) is 16.9 Å². The van der Waals surface area contributed by atoms with Crippen molar-refractivity contribution in [2.45, 2.75) is 12.0 Å². The van der Waals surface area contributed by atoms with E-state index in [-0.39, 0.29) is 12.0 Å². The number of aromatic nitrogens is 1. The molecule has 158 valence electrons. The summed E-state index contributed by atoms with van der Waals surface area (Å²) in [5.41, 5.74) is 8.50. The quantitative estimate of drug-likeness (QED) is 0.265. The van der Waals surface area contributed by atoms with Crippen LogP contribution in [0.2, 0.25) is 0 Å². The molecule has 7 rings (SSSR count). The smallest absolute Gasteiger partial charge is 0.135 e. The molecule has 0 radical (unpaired) electrons. The molecule has 3 heteroatoms. The number of benzene rings is 4. The van der Waals surface area contributed by atoms with E-state index >= 15 is 0 Å². The molecule has 0 saturated heterocycles. The molecule has 4 aromatic carbocycles. The van der Waals surface area contributed by atoms with Crippen molar-refractivity contribution in [3.63, 3.8) is 0 Å². The average molecular weight is 490 g/mol. The first kappa shape index (κ1) is 19.0. The summed E-state index contributed by atoms with van der Waals surface area (Å²) in [6.45, 7) is 0. The number of hydrogen-bond acceptors (Lipinski definition) is 1. The minimum Gasteiger partial charge on any atom is -0.484 e. The summed E-state index contributed by atoms with van der Waals surface area (Å²) in [5.74, 6) is 1.16. The molecule has 2 aliphatic rings. The second kappa shape index (κ2) is 7.23. The summed E-state index contributed by atoms with van der Waals surface area (Å²) in [6, 6.07) is 30.1. The van der Waals surface area contributed by atoms with Crippen LogP contribution >= 0.6 is 15.9 Å². The van der Waals surface area contributed by atoms with Gasteiger partial charge in [0.1, 0.15) is 11.9 Å². The van der Waals surface area contributed by atoms with Crippen molar-refractivity contribution >= 4 is 43.3 Å². The molecule has 0 saturated carbocycles. The number of aromatic amines is 1. The zero-order chi connectivity index (χ0) is 21.9. The molecular formula is C30H20BrNO. The van der Waals surface area contributed by atoms with Crippen LogP contribution in [-0.2, 0) is 0 Å². The highest BCUT2D eigenvalue weighted by atomic mass is 79.9. The SMILES string of the molecule is Brc1cccc(-c2cccc3c2[nH]c2ccc(C4C=CC=C5c6ccccc6OC54)cc23)c1. The lowest BCUT2D eigenvalue weighted by molar-refractivity contribution is 0.258. The Labute approximate surface area is 200 Å². The number of allylic oxidation sites excluding steroid dienone is 2. The van der Waals surface area contributed by atoms with E-state index in [0.717, 1.165) is 15.7 Å². The summed E-state index contributed by atoms with van der Waals surface area (Å²) in [4.78, 5) is 3.68. The highest BCUT2D eigenvalue weighted by Gasteiger charge is 2.35. The van der Waals surface area contributed by atoms with Gasteiger partial charge < -0.3 is 9.72 Å². The lowest BCUT2D eigenvalue weighted by Crippen LogP contribution is -2.22. The average Bonchev–Trinajstić information content (AvgIpc) is 3.42. The van der Waals surface area contributed by atoms with Gasteiger partial charge in [-0.15, -0.1) is 0 Å². The summed E-state index contributed by atoms with van der Waals surface area (Å²) in [5, 5.41) is 2.50. The zero-order valence-electron chi connectivity index (χ0n) is 17.8. The maximum Gasteiger partial charge on any atom is 0.135 e. The van der Waals surface area contributed by atoms with Gasteiger partial charge in [-0.05, 0) is 41.5 Å². The van der Waals surface area contributed by atoms with Gasteiger partial charge in [0.05, 0.1) is 5.52 Å². The Balaban J connectivity index is 1.35. The fraction of sp³-hybridized carbons (Fsp3) is 0.0667. The molecule has 5 aromatic rings. The number of halogens is 1. The molecule has 1 aromatic heterocycles. The molecule has 0 amide bonds. The number of H-pyrrole nitrogens is 1. The number of fused-ring (bicyclic) bond motifs is 6. The van der Waals surface area contributed by atoms with Crippen LogP contribution in [0.3, 0.4) is 0 Å². The summed E-state index contributed by atoms with van der Waals surface area (Å²) in [7, 11) is 0. The largest absolute Gasteiger partial charge is 0.484 e. The van der Waals surface area contributed by atoms with Crippen molar-refractivity contribution in [2.24, 2.45) is 0 Å². The van der Waals surface area contributed by atoms with Gasteiger partial charge in [0.15, 0.2) is 0 Å². The van der Waals surface area contributed by atoms with Crippen LogP contribution in [0, 0.1) is 0 Å². The minimum absolute atomic E-state index is 0.0206. The van der Waals surface area contributed by atoms with E-state index in [1.165, 1.54) is 44.1 Å². The third kappa shape index (κ3) is 2.93. The van der Waals surface area contributed by atoms with E-state index in [1.807, 2.05) is 6.07 Å². The lowest BCUT2D eigenvalue weighted by atomic mass is 9.84. The van der Waals surface area contributed by atoms with Crippen molar-refractivity contribution < 1.29 is 4.74 Å². The Morgan fingerprint density at radius 2 is 1.67 bits per heavy atom. The number of rotatable bonds is 2. The lowest BCUT2D eigenvalue weighted by Gasteiger charge is -2.24.